The highest BCUT2D eigenvalue weighted by Gasteiger charge is 2.10. The van der Waals surface area contributed by atoms with Crippen molar-refractivity contribution in [3.63, 3.8) is 0 Å². The van der Waals surface area contributed by atoms with Gasteiger partial charge in [0.2, 0.25) is 0 Å². The van der Waals surface area contributed by atoms with Crippen LogP contribution in [0.5, 0.6) is 0 Å². The average molecular weight is 278 g/mol. The van der Waals surface area contributed by atoms with Gasteiger partial charge in [-0.05, 0) is 49.6 Å². The van der Waals surface area contributed by atoms with Crippen LogP contribution in [0.15, 0.2) is 18.2 Å². The van der Waals surface area contributed by atoms with Gasteiger partial charge in [-0.3, -0.25) is 0 Å². The molecule has 1 N–H and O–H groups in total. The van der Waals surface area contributed by atoms with Crippen molar-refractivity contribution in [3.8, 4) is 0 Å². The first-order valence-corrected chi connectivity index (χ1v) is 7.47. The quantitative estimate of drug-likeness (QED) is 0.790. The Labute approximate surface area is 124 Å². The maximum atomic E-state index is 5.22. The van der Waals surface area contributed by atoms with Crippen LogP contribution in [-0.2, 0) is 11.3 Å². The summed E-state index contributed by atoms with van der Waals surface area (Å²) < 4.78 is 5.22. The smallest absolute Gasteiger partial charge is 0.0663 e. The first-order valence-electron chi connectivity index (χ1n) is 7.47. The molecule has 0 bridgehead atoms. The third-order valence-corrected chi connectivity index (χ3v) is 3.67. The Hall–Kier alpha value is -1.06. The van der Waals surface area contributed by atoms with Gasteiger partial charge in [0.05, 0.1) is 6.61 Å². The zero-order valence-corrected chi connectivity index (χ0v) is 13.9. The second kappa shape index (κ2) is 8.28. The molecule has 0 saturated carbocycles. The van der Waals surface area contributed by atoms with Gasteiger partial charge in [0.25, 0.3) is 0 Å². The number of anilines is 1. The lowest BCUT2D eigenvalue weighted by Gasteiger charge is -2.27. The van der Waals surface area contributed by atoms with E-state index in [1.165, 1.54) is 16.8 Å². The molecule has 0 spiro atoms. The molecule has 0 heterocycles. The fourth-order valence-electron chi connectivity index (χ4n) is 2.20. The Morgan fingerprint density at radius 3 is 2.50 bits per heavy atom. The van der Waals surface area contributed by atoms with E-state index in [0.717, 1.165) is 19.7 Å². The molecular formula is C17H30N2O. The number of benzene rings is 1. The number of aryl methyl sites for hydroxylation is 1. The lowest BCUT2D eigenvalue weighted by molar-refractivity contribution is 0.183. The highest BCUT2D eigenvalue weighted by molar-refractivity contribution is 5.51. The number of hydrogen-bond acceptors (Lipinski definition) is 3. The zero-order valence-electron chi connectivity index (χ0n) is 13.9. The number of nitrogens with one attached hydrogen (secondary N) is 1. The maximum absolute atomic E-state index is 5.22. The lowest BCUT2D eigenvalue weighted by atomic mass is 10.1. The largest absolute Gasteiger partial charge is 0.383 e. The third-order valence-electron chi connectivity index (χ3n) is 3.67. The molecule has 3 nitrogen and oxygen atoms in total. The fourth-order valence-corrected chi connectivity index (χ4v) is 2.20. The SMILES string of the molecule is COCC(C)N(C)c1ccc(CNCC(C)C)c(C)c1. The third kappa shape index (κ3) is 5.14. The van der Waals surface area contributed by atoms with Crippen molar-refractivity contribution in [3.05, 3.63) is 29.3 Å². The van der Waals surface area contributed by atoms with Crippen LogP contribution in [0.3, 0.4) is 0 Å². The Kier molecular flexibility index (Phi) is 7.03. The molecule has 0 saturated heterocycles. The second-order valence-corrected chi connectivity index (χ2v) is 6.05. The summed E-state index contributed by atoms with van der Waals surface area (Å²) in [5, 5.41) is 3.50. The number of likely N-dealkylation sites (N-methyl/N-ethyl adjacent to an activating group) is 1. The van der Waals surface area contributed by atoms with Crippen molar-refractivity contribution in [2.75, 3.05) is 32.2 Å². The van der Waals surface area contributed by atoms with Gasteiger partial charge in [0.15, 0.2) is 0 Å². The maximum Gasteiger partial charge on any atom is 0.0663 e. The zero-order chi connectivity index (χ0) is 15.1. The van der Waals surface area contributed by atoms with Gasteiger partial charge in [-0.15, -0.1) is 0 Å². The monoisotopic (exact) mass is 278 g/mol. The van der Waals surface area contributed by atoms with Gasteiger partial charge in [-0.1, -0.05) is 19.9 Å². The molecular weight excluding hydrogens is 248 g/mol. The molecule has 1 aromatic rings. The van der Waals surface area contributed by atoms with Gasteiger partial charge in [-0.25, -0.2) is 0 Å². The van der Waals surface area contributed by atoms with E-state index >= 15 is 0 Å². The Morgan fingerprint density at radius 2 is 1.95 bits per heavy atom. The summed E-state index contributed by atoms with van der Waals surface area (Å²) in [6, 6.07) is 7.07. The highest BCUT2D eigenvalue weighted by Crippen LogP contribution is 2.20. The molecule has 0 aromatic heterocycles. The average Bonchev–Trinajstić information content (AvgIpc) is 2.39. The van der Waals surface area contributed by atoms with Crippen molar-refractivity contribution < 1.29 is 4.74 Å². The molecule has 114 valence electrons. The summed E-state index contributed by atoms with van der Waals surface area (Å²) in [5.74, 6) is 0.690. The Morgan fingerprint density at radius 1 is 1.25 bits per heavy atom. The number of methoxy groups -OCH3 is 1. The van der Waals surface area contributed by atoms with Crippen LogP contribution in [0.1, 0.15) is 31.9 Å². The van der Waals surface area contributed by atoms with Gasteiger partial charge < -0.3 is 15.0 Å². The minimum absolute atomic E-state index is 0.379. The first-order chi connectivity index (χ1) is 9.45. The Bertz CT molecular complexity index is 404. The van der Waals surface area contributed by atoms with Crippen molar-refractivity contribution in [2.45, 2.75) is 40.3 Å². The van der Waals surface area contributed by atoms with E-state index in [-0.39, 0.29) is 0 Å². The molecule has 0 aliphatic heterocycles. The van der Waals surface area contributed by atoms with Crippen LogP contribution in [0, 0.1) is 12.8 Å². The molecule has 1 atom stereocenters. The van der Waals surface area contributed by atoms with Crippen LogP contribution in [0.2, 0.25) is 0 Å². The lowest BCUT2D eigenvalue weighted by Crippen LogP contribution is -2.32. The molecule has 1 aromatic carbocycles. The normalized spacial score (nSPS) is 12.8. The molecule has 0 aliphatic carbocycles. The summed E-state index contributed by atoms with van der Waals surface area (Å²) in [6.45, 7) is 11.6. The number of ether oxygens (including phenoxy) is 1. The number of nitrogens with zero attached hydrogens (tertiary/aromatic N) is 1. The second-order valence-electron chi connectivity index (χ2n) is 6.05. The molecule has 0 radical (unpaired) electrons. The molecule has 0 fully saturated rings. The van der Waals surface area contributed by atoms with Crippen molar-refractivity contribution in [2.24, 2.45) is 5.92 Å². The summed E-state index contributed by atoms with van der Waals surface area (Å²) in [7, 11) is 3.87. The predicted molar refractivity (Wildman–Crippen MR) is 87.5 cm³/mol. The van der Waals surface area contributed by atoms with Crippen LogP contribution in [-0.4, -0.2) is 33.4 Å². The summed E-state index contributed by atoms with van der Waals surface area (Å²) >= 11 is 0. The summed E-state index contributed by atoms with van der Waals surface area (Å²) in [4.78, 5) is 2.27. The molecule has 20 heavy (non-hydrogen) atoms. The minimum atomic E-state index is 0.379. The molecule has 1 unspecified atom stereocenters. The van der Waals surface area contributed by atoms with Crippen molar-refractivity contribution in [1.29, 1.82) is 0 Å². The van der Waals surface area contributed by atoms with Gasteiger partial charge in [0.1, 0.15) is 0 Å². The summed E-state index contributed by atoms with van der Waals surface area (Å²) in [5.41, 5.74) is 3.97. The van der Waals surface area contributed by atoms with Crippen molar-refractivity contribution in [1.82, 2.24) is 5.32 Å². The minimum Gasteiger partial charge on any atom is -0.383 e. The Balaban J connectivity index is 2.67. The molecule has 3 heteroatoms. The summed E-state index contributed by atoms with van der Waals surface area (Å²) in [6.07, 6.45) is 0. The van der Waals surface area contributed by atoms with Crippen LogP contribution >= 0.6 is 0 Å². The van der Waals surface area contributed by atoms with E-state index in [2.05, 4.69) is 63.2 Å². The predicted octanol–water partition coefficient (Wildman–Crippen LogP) is 3.21. The van der Waals surface area contributed by atoms with Crippen molar-refractivity contribution >= 4 is 5.69 Å². The van der Waals surface area contributed by atoms with E-state index < -0.39 is 0 Å². The van der Waals surface area contributed by atoms with Gasteiger partial charge in [-0.2, -0.15) is 0 Å². The molecule has 0 aliphatic rings. The molecule has 1 rings (SSSR count). The van der Waals surface area contributed by atoms with E-state index in [4.69, 9.17) is 4.74 Å². The number of hydrogen-bond donors (Lipinski definition) is 1. The van der Waals surface area contributed by atoms with E-state index in [1.807, 2.05) is 0 Å². The first kappa shape index (κ1) is 17.0. The van der Waals surface area contributed by atoms with E-state index in [1.54, 1.807) is 7.11 Å². The van der Waals surface area contributed by atoms with Crippen LogP contribution < -0.4 is 10.2 Å². The van der Waals surface area contributed by atoms with Crippen LogP contribution in [0.4, 0.5) is 5.69 Å². The van der Waals surface area contributed by atoms with Gasteiger partial charge in [0, 0.05) is 32.4 Å². The molecule has 0 amide bonds. The number of rotatable bonds is 8. The van der Waals surface area contributed by atoms with Gasteiger partial charge >= 0.3 is 0 Å². The fraction of sp³-hybridized carbons (Fsp3) is 0.647. The topological polar surface area (TPSA) is 24.5 Å². The standard InChI is InChI=1S/C17H30N2O/c1-13(2)10-18-11-16-7-8-17(9-14(16)3)19(5)15(4)12-20-6/h7-9,13,15,18H,10-12H2,1-6H3. The van der Waals surface area contributed by atoms with E-state index in [9.17, 15) is 0 Å². The van der Waals surface area contributed by atoms with E-state index in [0.29, 0.717) is 12.0 Å². The van der Waals surface area contributed by atoms with Crippen LogP contribution in [0.25, 0.3) is 0 Å². The highest BCUT2D eigenvalue weighted by atomic mass is 16.5.